The summed E-state index contributed by atoms with van der Waals surface area (Å²) in [5, 5.41) is 16.6. The summed E-state index contributed by atoms with van der Waals surface area (Å²) in [5.74, 6) is -0.796. The van der Waals surface area contributed by atoms with Crippen molar-refractivity contribution in [1.82, 2.24) is 14.9 Å². The van der Waals surface area contributed by atoms with Gasteiger partial charge in [-0.15, -0.1) is 5.10 Å². The Balaban J connectivity index is 1.53. The molecule has 2 aromatic rings. The van der Waals surface area contributed by atoms with Crippen LogP contribution in [0.2, 0.25) is 0 Å². The van der Waals surface area contributed by atoms with E-state index in [4.69, 9.17) is 5.11 Å². The summed E-state index contributed by atoms with van der Waals surface area (Å²) in [6.45, 7) is 0.801. The Morgan fingerprint density at radius 3 is 2.90 bits per heavy atom. The number of carboxylic acids is 1. The highest BCUT2D eigenvalue weighted by Gasteiger charge is 2.25. The van der Waals surface area contributed by atoms with Crippen molar-refractivity contribution in [3.63, 3.8) is 0 Å². The third-order valence-electron chi connectivity index (χ3n) is 3.98. The Morgan fingerprint density at radius 2 is 2.15 bits per heavy atom. The molecule has 0 aliphatic heterocycles. The minimum absolute atomic E-state index is 0.148. The molecule has 0 amide bonds. The van der Waals surface area contributed by atoms with Crippen molar-refractivity contribution < 1.29 is 9.90 Å². The molecule has 0 spiro atoms. The maximum absolute atomic E-state index is 10.9. The number of benzene rings is 1. The molecule has 1 fully saturated rings. The number of nitrogens with one attached hydrogen (secondary N) is 1. The van der Waals surface area contributed by atoms with Crippen LogP contribution in [-0.2, 0) is 11.3 Å². The zero-order chi connectivity index (χ0) is 13.9. The van der Waals surface area contributed by atoms with Crippen LogP contribution in [0.15, 0.2) is 18.2 Å². The summed E-state index contributed by atoms with van der Waals surface area (Å²) in [7, 11) is 0. The number of carbonyl (C=O) groups is 1. The minimum Gasteiger partial charge on any atom is -0.481 e. The molecule has 1 saturated carbocycles. The van der Waals surface area contributed by atoms with E-state index in [2.05, 4.69) is 33.1 Å². The topological polar surface area (TPSA) is 75.1 Å². The first-order valence-electron chi connectivity index (χ1n) is 6.89. The van der Waals surface area contributed by atoms with E-state index in [0.29, 0.717) is 6.04 Å². The van der Waals surface area contributed by atoms with E-state index in [1.165, 1.54) is 17.1 Å². The number of rotatable bonds is 4. The fourth-order valence-corrected chi connectivity index (χ4v) is 3.28. The van der Waals surface area contributed by atoms with Crippen LogP contribution in [-0.4, -0.2) is 26.7 Å². The zero-order valence-corrected chi connectivity index (χ0v) is 11.9. The summed E-state index contributed by atoms with van der Waals surface area (Å²) in [6, 6.07) is 6.64. The molecule has 1 aromatic carbocycles. The van der Waals surface area contributed by atoms with Crippen molar-refractivity contribution in [2.45, 2.75) is 38.3 Å². The van der Waals surface area contributed by atoms with Crippen LogP contribution < -0.4 is 5.32 Å². The molecule has 2 N–H and O–H groups in total. The Kier molecular flexibility index (Phi) is 3.93. The van der Waals surface area contributed by atoms with Gasteiger partial charge < -0.3 is 10.4 Å². The number of aromatic nitrogens is 2. The van der Waals surface area contributed by atoms with Gasteiger partial charge in [0.15, 0.2) is 0 Å². The molecule has 5 nitrogen and oxygen atoms in total. The van der Waals surface area contributed by atoms with E-state index < -0.39 is 5.97 Å². The lowest BCUT2D eigenvalue weighted by atomic mass is 9.86. The van der Waals surface area contributed by atoms with Crippen LogP contribution in [0.25, 0.3) is 10.2 Å². The molecule has 1 aromatic heterocycles. The predicted octanol–water partition coefficient (Wildman–Crippen LogP) is 2.42. The van der Waals surface area contributed by atoms with Gasteiger partial charge in [0.25, 0.3) is 0 Å². The first kappa shape index (κ1) is 13.5. The number of hydrogen-bond donors (Lipinski definition) is 2. The SMILES string of the molecule is O=C(O)C1CCC(NCc2ccc3snnc3c2)CC1. The number of nitrogens with zero attached hydrogens (tertiary/aromatic N) is 2. The number of aliphatic carboxylic acids is 1. The van der Waals surface area contributed by atoms with Gasteiger partial charge in [-0.2, -0.15) is 0 Å². The van der Waals surface area contributed by atoms with E-state index in [-0.39, 0.29) is 5.92 Å². The Bertz CT molecular complexity index is 605. The van der Waals surface area contributed by atoms with E-state index in [1.54, 1.807) is 0 Å². The van der Waals surface area contributed by atoms with Crippen LogP contribution in [0.1, 0.15) is 31.2 Å². The molecule has 0 atom stereocenters. The highest BCUT2D eigenvalue weighted by molar-refractivity contribution is 7.12. The van der Waals surface area contributed by atoms with Gasteiger partial charge >= 0.3 is 5.97 Å². The molecule has 1 aliphatic rings. The Morgan fingerprint density at radius 1 is 1.35 bits per heavy atom. The molecule has 1 aliphatic carbocycles. The lowest BCUT2D eigenvalue weighted by Crippen LogP contribution is -2.34. The van der Waals surface area contributed by atoms with Crippen molar-refractivity contribution >= 4 is 27.7 Å². The minimum atomic E-state index is -0.648. The molecule has 0 saturated heterocycles. The van der Waals surface area contributed by atoms with Crippen LogP contribution in [0, 0.1) is 5.92 Å². The van der Waals surface area contributed by atoms with Gasteiger partial charge in [0, 0.05) is 12.6 Å². The van der Waals surface area contributed by atoms with Crippen LogP contribution in [0.4, 0.5) is 0 Å². The number of hydrogen-bond acceptors (Lipinski definition) is 5. The fraction of sp³-hybridized carbons (Fsp3) is 0.500. The predicted molar refractivity (Wildman–Crippen MR) is 77.6 cm³/mol. The first-order valence-corrected chi connectivity index (χ1v) is 7.67. The molecule has 20 heavy (non-hydrogen) atoms. The standard InChI is InChI=1S/C14H17N3O2S/c18-14(19)10-2-4-11(5-3-10)15-8-9-1-6-13-12(7-9)16-17-20-13/h1,6-7,10-11,15H,2-5,8H2,(H,18,19). The van der Waals surface area contributed by atoms with E-state index >= 15 is 0 Å². The maximum atomic E-state index is 10.9. The largest absolute Gasteiger partial charge is 0.481 e. The van der Waals surface area contributed by atoms with E-state index in [0.717, 1.165) is 42.4 Å². The third kappa shape index (κ3) is 2.96. The smallest absolute Gasteiger partial charge is 0.306 e. The van der Waals surface area contributed by atoms with Gasteiger partial charge in [0.1, 0.15) is 5.52 Å². The number of carboxylic acid groups (broad SMARTS) is 1. The van der Waals surface area contributed by atoms with Gasteiger partial charge in [-0.1, -0.05) is 10.6 Å². The molecular formula is C14H17N3O2S. The Labute approximate surface area is 121 Å². The highest BCUT2D eigenvalue weighted by atomic mass is 32.1. The summed E-state index contributed by atoms with van der Waals surface area (Å²) in [4.78, 5) is 10.9. The second-order valence-corrected chi connectivity index (χ2v) is 6.13. The molecule has 6 heteroatoms. The van der Waals surface area contributed by atoms with Crippen LogP contribution in [0.5, 0.6) is 0 Å². The Hall–Kier alpha value is -1.53. The first-order chi connectivity index (χ1) is 9.72. The van der Waals surface area contributed by atoms with Gasteiger partial charge in [0.05, 0.1) is 10.6 Å². The van der Waals surface area contributed by atoms with Crippen LogP contribution in [0.3, 0.4) is 0 Å². The summed E-state index contributed by atoms with van der Waals surface area (Å²) in [6.07, 6.45) is 3.44. The van der Waals surface area contributed by atoms with Crippen molar-refractivity contribution in [2.24, 2.45) is 5.92 Å². The highest BCUT2D eigenvalue weighted by Crippen LogP contribution is 2.25. The normalized spacial score (nSPS) is 23.0. The third-order valence-corrected chi connectivity index (χ3v) is 4.69. The summed E-state index contributed by atoms with van der Waals surface area (Å²) >= 11 is 1.41. The van der Waals surface area contributed by atoms with Crippen LogP contribution >= 0.6 is 11.5 Å². The summed E-state index contributed by atoms with van der Waals surface area (Å²) < 4.78 is 5.04. The van der Waals surface area contributed by atoms with Gasteiger partial charge in [-0.05, 0) is 54.9 Å². The molecule has 3 rings (SSSR count). The van der Waals surface area contributed by atoms with Gasteiger partial charge in [0.2, 0.25) is 0 Å². The molecular weight excluding hydrogens is 274 g/mol. The second-order valence-electron chi connectivity index (χ2n) is 5.34. The fourth-order valence-electron chi connectivity index (χ4n) is 2.74. The second kappa shape index (κ2) is 5.85. The monoisotopic (exact) mass is 291 g/mol. The average molecular weight is 291 g/mol. The molecule has 0 radical (unpaired) electrons. The zero-order valence-electron chi connectivity index (χ0n) is 11.1. The van der Waals surface area contributed by atoms with E-state index in [1.807, 2.05) is 0 Å². The van der Waals surface area contributed by atoms with Crippen molar-refractivity contribution in [1.29, 1.82) is 0 Å². The molecule has 0 bridgehead atoms. The average Bonchev–Trinajstić information content (AvgIpc) is 2.93. The van der Waals surface area contributed by atoms with Gasteiger partial charge in [-0.25, -0.2) is 0 Å². The van der Waals surface area contributed by atoms with Crippen molar-refractivity contribution in [2.75, 3.05) is 0 Å². The maximum Gasteiger partial charge on any atom is 0.306 e. The molecule has 0 unspecified atom stereocenters. The van der Waals surface area contributed by atoms with Crippen molar-refractivity contribution in [3.05, 3.63) is 23.8 Å². The summed E-state index contributed by atoms with van der Waals surface area (Å²) in [5.41, 5.74) is 2.15. The molecule has 106 valence electrons. The quantitative estimate of drug-likeness (QED) is 0.905. The van der Waals surface area contributed by atoms with Crippen molar-refractivity contribution in [3.8, 4) is 0 Å². The number of fused-ring (bicyclic) bond motifs is 1. The lowest BCUT2D eigenvalue weighted by Gasteiger charge is -2.27. The van der Waals surface area contributed by atoms with Gasteiger partial charge in [-0.3, -0.25) is 4.79 Å². The lowest BCUT2D eigenvalue weighted by molar-refractivity contribution is -0.142. The molecule has 1 heterocycles. The van der Waals surface area contributed by atoms with E-state index in [9.17, 15) is 4.79 Å².